The van der Waals surface area contributed by atoms with Crippen LogP contribution in [0.25, 0.3) is 0 Å². The Kier molecular flexibility index (Phi) is 4.59. The van der Waals surface area contributed by atoms with E-state index in [0.717, 1.165) is 12.1 Å². The molecule has 0 aromatic heterocycles. The number of amides is 1. The van der Waals surface area contributed by atoms with Crippen molar-refractivity contribution in [1.29, 1.82) is 0 Å². The van der Waals surface area contributed by atoms with Crippen molar-refractivity contribution in [3.63, 3.8) is 0 Å². The number of nitrogens with two attached hydrogens (primary N) is 1. The maximum absolute atomic E-state index is 12.0. The van der Waals surface area contributed by atoms with Crippen molar-refractivity contribution in [1.82, 2.24) is 5.32 Å². The van der Waals surface area contributed by atoms with Crippen molar-refractivity contribution < 1.29 is 26.4 Å². The van der Waals surface area contributed by atoms with E-state index in [-0.39, 0.29) is 14.9 Å². The van der Waals surface area contributed by atoms with Gasteiger partial charge in [0, 0.05) is 4.47 Å². The third-order valence-electron chi connectivity index (χ3n) is 1.96. The molecule has 0 atom stereocenters. The molecule has 10 heteroatoms. The first-order valence-electron chi connectivity index (χ1n) is 4.68. The van der Waals surface area contributed by atoms with Crippen molar-refractivity contribution in [2.24, 2.45) is 5.14 Å². The second-order valence-corrected chi connectivity index (χ2v) is 5.90. The van der Waals surface area contributed by atoms with Crippen molar-refractivity contribution in [3.8, 4) is 0 Å². The minimum absolute atomic E-state index is 0.152. The summed E-state index contributed by atoms with van der Waals surface area (Å²) >= 11 is 2.94. The van der Waals surface area contributed by atoms with E-state index in [1.54, 1.807) is 5.32 Å². The summed E-state index contributed by atoms with van der Waals surface area (Å²) in [7, 11) is -4.04. The minimum atomic E-state index is -4.56. The first-order chi connectivity index (χ1) is 8.50. The molecule has 0 heterocycles. The molecule has 1 rings (SSSR count). The molecule has 5 nitrogen and oxygen atoms in total. The van der Waals surface area contributed by atoms with Crippen LogP contribution in [0.15, 0.2) is 27.6 Å². The summed E-state index contributed by atoms with van der Waals surface area (Å²) in [5.41, 5.74) is -0.254. The highest BCUT2D eigenvalue weighted by molar-refractivity contribution is 9.10. The molecule has 106 valence electrons. The number of primary sulfonamides is 1. The third kappa shape index (κ3) is 4.80. The van der Waals surface area contributed by atoms with Crippen LogP contribution in [-0.4, -0.2) is 27.0 Å². The topological polar surface area (TPSA) is 89.3 Å². The van der Waals surface area contributed by atoms with Gasteiger partial charge in [0.2, 0.25) is 10.0 Å². The molecule has 0 saturated heterocycles. The quantitative estimate of drug-likeness (QED) is 0.853. The number of nitrogens with one attached hydrogen (secondary N) is 1. The van der Waals surface area contributed by atoms with Crippen molar-refractivity contribution in [2.45, 2.75) is 11.1 Å². The number of sulfonamides is 1. The molecule has 0 aliphatic rings. The van der Waals surface area contributed by atoms with Crippen molar-refractivity contribution in [2.75, 3.05) is 6.54 Å². The molecular formula is C9H8BrF3N2O3S. The van der Waals surface area contributed by atoms with Crippen molar-refractivity contribution in [3.05, 3.63) is 28.2 Å². The van der Waals surface area contributed by atoms with Gasteiger partial charge in [0.1, 0.15) is 6.54 Å². The zero-order chi connectivity index (χ0) is 14.8. The lowest BCUT2D eigenvalue weighted by Crippen LogP contribution is -2.34. The Labute approximate surface area is 115 Å². The Morgan fingerprint density at radius 2 is 1.95 bits per heavy atom. The predicted molar refractivity (Wildman–Crippen MR) is 63.9 cm³/mol. The predicted octanol–water partition coefficient (Wildman–Crippen LogP) is 1.39. The summed E-state index contributed by atoms with van der Waals surface area (Å²) in [6.45, 7) is -1.52. The number of hydrogen-bond acceptors (Lipinski definition) is 3. The summed E-state index contributed by atoms with van der Waals surface area (Å²) in [5.74, 6) is -1.06. The molecule has 3 N–H and O–H groups in total. The smallest absolute Gasteiger partial charge is 0.343 e. The number of halogens is 4. The molecule has 0 bridgehead atoms. The maximum atomic E-state index is 12.0. The Bertz CT molecular complexity index is 601. The van der Waals surface area contributed by atoms with Crippen LogP contribution in [0.4, 0.5) is 13.2 Å². The Hall–Kier alpha value is -1.13. The van der Waals surface area contributed by atoms with Gasteiger partial charge in [-0.25, -0.2) is 13.6 Å². The van der Waals surface area contributed by atoms with Crippen LogP contribution in [0.1, 0.15) is 10.4 Å². The first-order valence-corrected chi connectivity index (χ1v) is 7.02. The van der Waals surface area contributed by atoms with Gasteiger partial charge in [-0.15, -0.1) is 0 Å². The van der Waals surface area contributed by atoms with Crippen LogP contribution in [0.2, 0.25) is 0 Å². The van der Waals surface area contributed by atoms with E-state index in [2.05, 4.69) is 15.9 Å². The number of hydrogen-bond donors (Lipinski definition) is 2. The van der Waals surface area contributed by atoms with Gasteiger partial charge in [-0.05, 0) is 34.1 Å². The van der Waals surface area contributed by atoms with Gasteiger partial charge in [-0.3, -0.25) is 4.79 Å². The van der Waals surface area contributed by atoms with E-state index in [4.69, 9.17) is 5.14 Å². The molecular weight excluding hydrogens is 353 g/mol. The van der Waals surface area contributed by atoms with Gasteiger partial charge in [0.25, 0.3) is 5.91 Å². The van der Waals surface area contributed by atoms with E-state index in [9.17, 15) is 26.4 Å². The number of carbonyl (C=O) groups excluding carboxylic acids is 1. The fourth-order valence-electron chi connectivity index (χ4n) is 1.13. The minimum Gasteiger partial charge on any atom is -0.343 e. The number of rotatable bonds is 3. The summed E-state index contributed by atoms with van der Waals surface area (Å²) in [4.78, 5) is 11.1. The number of alkyl halides is 3. The Morgan fingerprint density at radius 1 is 1.37 bits per heavy atom. The first kappa shape index (κ1) is 15.9. The van der Waals surface area contributed by atoms with Crippen LogP contribution < -0.4 is 10.5 Å². The average molecular weight is 361 g/mol. The highest BCUT2D eigenvalue weighted by atomic mass is 79.9. The van der Waals surface area contributed by atoms with Crippen LogP contribution >= 0.6 is 15.9 Å². The third-order valence-corrected chi connectivity index (χ3v) is 3.56. The monoisotopic (exact) mass is 360 g/mol. The Balaban J connectivity index is 3.03. The highest BCUT2D eigenvalue weighted by Gasteiger charge is 2.28. The number of benzene rings is 1. The SMILES string of the molecule is NS(=O)(=O)c1ccc(Br)c(C(=O)NCC(F)(F)F)c1. The lowest BCUT2D eigenvalue weighted by molar-refractivity contribution is -0.123. The molecule has 0 saturated carbocycles. The normalized spacial score (nSPS) is 12.3. The largest absolute Gasteiger partial charge is 0.405 e. The van der Waals surface area contributed by atoms with Crippen LogP contribution in [-0.2, 0) is 10.0 Å². The van der Waals surface area contributed by atoms with E-state index in [1.807, 2.05) is 0 Å². The fraction of sp³-hybridized carbons (Fsp3) is 0.222. The molecule has 0 aliphatic carbocycles. The van der Waals surface area contributed by atoms with Gasteiger partial charge in [-0.2, -0.15) is 13.2 Å². The molecule has 1 aromatic rings. The average Bonchev–Trinajstić information content (AvgIpc) is 2.24. The van der Waals surface area contributed by atoms with Gasteiger partial charge < -0.3 is 5.32 Å². The van der Waals surface area contributed by atoms with Crippen LogP contribution in [0, 0.1) is 0 Å². The second kappa shape index (κ2) is 5.47. The number of carbonyl (C=O) groups is 1. The summed E-state index contributed by atoms with van der Waals surface area (Å²) in [6, 6.07) is 3.23. The van der Waals surface area contributed by atoms with E-state index >= 15 is 0 Å². The van der Waals surface area contributed by atoms with E-state index < -0.39 is 28.7 Å². The highest BCUT2D eigenvalue weighted by Crippen LogP contribution is 2.21. The molecule has 1 amide bonds. The zero-order valence-electron chi connectivity index (χ0n) is 9.16. The van der Waals surface area contributed by atoms with E-state index in [0.29, 0.717) is 0 Å². The molecule has 0 aliphatic heterocycles. The van der Waals surface area contributed by atoms with Gasteiger partial charge in [0.05, 0.1) is 10.5 Å². The summed E-state index contributed by atoms with van der Waals surface area (Å²) in [6.07, 6.45) is -4.56. The molecule has 1 aromatic carbocycles. The zero-order valence-corrected chi connectivity index (χ0v) is 11.6. The Morgan fingerprint density at radius 3 is 2.42 bits per heavy atom. The van der Waals surface area contributed by atoms with Crippen LogP contribution in [0.3, 0.4) is 0 Å². The lowest BCUT2D eigenvalue weighted by atomic mass is 10.2. The lowest BCUT2D eigenvalue weighted by Gasteiger charge is -2.10. The fourth-order valence-corrected chi connectivity index (χ4v) is 2.10. The maximum Gasteiger partial charge on any atom is 0.405 e. The summed E-state index contributed by atoms with van der Waals surface area (Å²) in [5, 5.41) is 6.49. The van der Waals surface area contributed by atoms with Gasteiger partial charge >= 0.3 is 6.18 Å². The van der Waals surface area contributed by atoms with Gasteiger partial charge in [0.15, 0.2) is 0 Å². The summed E-state index contributed by atoms with van der Waals surface area (Å²) < 4.78 is 58.2. The van der Waals surface area contributed by atoms with Crippen molar-refractivity contribution >= 4 is 31.9 Å². The molecule has 0 unspecified atom stereocenters. The standard InChI is InChI=1S/C9H8BrF3N2O3S/c10-7-2-1-5(19(14,17)18)3-6(7)8(16)15-4-9(11,12)13/h1-3H,4H2,(H,15,16)(H2,14,17,18). The molecule has 0 radical (unpaired) electrons. The van der Waals surface area contributed by atoms with Crippen LogP contribution in [0.5, 0.6) is 0 Å². The van der Waals surface area contributed by atoms with Gasteiger partial charge in [-0.1, -0.05) is 0 Å². The molecule has 0 spiro atoms. The molecule has 0 fully saturated rings. The molecule has 19 heavy (non-hydrogen) atoms. The van der Waals surface area contributed by atoms with E-state index in [1.165, 1.54) is 6.07 Å². The second-order valence-electron chi connectivity index (χ2n) is 3.48.